The van der Waals surface area contributed by atoms with E-state index in [2.05, 4.69) is 6.07 Å². The Morgan fingerprint density at radius 1 is 1.30 bits per heavy atom. The van der Waals surface area contributed by atoms with Crippen molar-refractivity contribution in [3.05, 3.63) is 70.2 Å². The van der Waals surface area contributed by atoms with Gasteiger partial charge in [-0.25, -0.2) is 0 Å². The van der Waals surface area contributed by atoms with Crippen LogP contribution < -0.4 is 5.73 Å². The number of nitriles is 1. The van der Waals surface area contributed by atoms with Crippen LogP contribution in [-0.2, 0) is 14.9 Å². The molecule has 0 saturated carbocycles. The zero-order valence-electron chi connectivity index (χ0n) is 12.5. The summed E-state index contributed by atoms with van der Waals surface area (Å²) in [6, 6.07) is 16.1. The molecule has 3 rings (SSSR count). The SMILES string of the molecule is COC(=O)C1C(N)c2cc(Cl)ccc2C1(C#N)c1ccccc1. The maximum absolute atomic E-state index is 12.4. The van der Waals surface area contributed by atoms with Gasteiger partial charge in [0, 0.05) is 11.1 Å². The Hall–Kier alpha value is -2.35. The second-order valence-corrected chi connectivity index (χ2v) is 5.98. The van der Waals surface area contributed by atoms with E-state index in [0.717, 1.165) is 5.56 Å². The number of hydrogen-bond donors (Lipinski definition) is 1. The minimum atomic E-state index is -1.19. The van der Waals surface area contributed by atoms with Crippen molar-refractivity contribution in [1.82, 2.24) is 0 Å². The molecule has 0 bridgehead atoms. The number of methoxy groups -OCH3 is 1. The lowest BCUT2D eigenvalue weighted by molar-refractivity contribution is -0.147. The normalized spacial score (nSPS) is 25.5. The molecule has 1 aliphatic carbocycles. The number of carbonyl (C=O) groups is 1. The van der Waals surface area contributed by atoms with Crippen LogP contribution in [-0.4, -0.2) is 13.1 Å². The van der Waals surface area contributed by atoms with E-state index in [9.17, 15) is 10.1 Å². The van der Waals surface area contributed by atoms with Gasteiger partial charge in [0.1, 0.15) is 11.3 Å². The van der Waals surface area contributed by atoms with E-state index in [1.165, 1.54) is 7.11 Å². The Labute approximate surface area is 139 Å². The molecule has 0 radical (unpaired) electrons. The molecule has 1 aliphatic rings. The fraction of sp³-hybridized carbons (Fsp3) is 0.222. The van der Waals surface area contributed by atoms with Gasteiger partial charge in [0.25, 0.3) is 0 Å². The second-order valence-electron chi connectivity index (χ2n) is 5.54. The van der Waals surface area contributed by atoms with Crippen LogP contribution in [0.1, 0.15) is 22.7 Å². The Kier molecular flexibility index (Phi) is 3.85. The van der Waals surface area contributed by atoms with Crippen molar-refractivity contribution in [3.8, 4) is 6.07 Å². The minimum absolute atomic E-state index is 0.504. The topological polar surface area (TPSA) is 76.1 Å². The number of carbonyl (C=O) groups excluding carboxylic acids is 1. The first-order chi connectivity index (χ1) is 11.1. The highest BCUT2D eigenvalue weighted by Crippen LogP contribution is 2.52. The highest BCUT2D eigenvalue weighted by atomic mass is 35.5. The number of nitrogens with two attached hydrogens (primary N) is 1. The molecule has 0 amide bonds. The molecule has 0 aromatic heterocycles. The van der Waals surface area contributed by atoms with Crippen molar-refractivity contribution in [3.63, 3.8) is 0 Å². The van der Waals surface area contributed by atoms with Gasteiger partial charge in [0.2, 0.25) is 0 Å². The standard InChI is InChI=1S/C18H15ClN2O2/c1-23-17(22)15-16(21)13-9-12(19)7-8-14(13)18(15,10-20)11-5-3-2-4-6-11/h2-9,15-16H,21H2,1H3. The highest BCUT2D eigenvalue weighted by molar-refractivity contribution is 6.30. The third-order valence-corrected chi connectivity index (χ3v) is 4.72. The lowest BCUT2D eigenvalue weighted by Crippen LogP contribution is -2.40. The van der Waals surface area contributed by atoms with Crippen molar-refractivity contribution in [2.75, 3.05) is 7.11 Å². The number of benzene rings is 2. The molecule has 2 aromatic carbocycles. The van der Waals surface area contributed by atoms with Crippen LogP contribution in [0.25, 0.3) is 0 Å². The van der Waals surface area contributed by atoms with E-state index in [1.807, 2.05) is 30.3 Å². The Bertz CT molecular complexity index is 800. The van der Waals surface area contributed by atoms with E-state index in [0.29, 0.717) is 16.1 Å². The smallest absolute Gasteiger partial charge is 0.312 e. The average molecular weight is 327 g/mol. The molecular formula is C18H15ClN2O2. The molecule has 0 heterocycles. The van der Waals surface area contributed by atoms with Crippen molar-refractivity contribution >= 4 is 17.6 Å². The molecule has 23 heavy (non-hydrogen) atoms. The molecule has 3 atom stereocenters. The minimum Gasteiger partial charge on any atom is -0.469 e. The molecule has 0 saturated heterocycles. The summed E-state index contributed by atoms with van der Waals surface area (Å²) in [4.78, 5) is 12.4. The average Bonchev–Trinajstić information content (AvgIpc) is 2.84. The fourth-order valence-electron chi connectivity index (χ4n) is 3.47. The van der Waals surface area contributed by atoms with Crippen molar-refractivity contribution in [1.29, 1.82) is 5.26 Å². The number of esters is 1. The molecular weight excluding hydrogens is 312 g/mol. The quantitative estimate of drug-likeness (QED) is 0.861. The third-order valence-electron chi connectivity index (χ3n) is 4.48. The van der Waals surface area contributed by atoms with Gasteiger partial charge in [-0.2, -0.15) is 5.26 Å². The number of fused-ring (bicyclic) bond motifs is 1. The summed E-state index contributed by atoms with van der Waals surface area (Å²) in [7, 11) is 1.30. The van der Waals surface area contributed by atoms with E-state index in [-0.39, 0.29) is 0 Å². The van der Waals surface area contributed by atoms with Crippen LogP contribution in [0.4, 0.5) is 0 Å². The largest absolute Gasteiger partial charge is 0.469 e. The lowest BCUT2D eigenvalue weighted by Gasteiger charge is -2.29. The summed E-state index contributed by atoms with van der Waals surface area (Å²) >= 11 is 6.08. The van der Waals surface area contributed by atoms with Crippen LogP contribution in [0.2, 0.25) is 5.02 Å². The van der Waals surface area contributed by atoms with Gasteiger partial charge >= 0.3 is 5.97 Å². The summed E-state index contributed by atoms with van der Waals surface area (Å²) in [6.45, 7) is 0. The molecule has 2 N–H and O–H groups in total. The molecule has 116 valence electrons. The molecule has 2 aromatic rings. The zero-order chi connectivity index (χ0) is 16.6. The Balaban J connectivity index is 2.34. The number of halogens is 1. The number of rotatable bonds is 2. The summed E-state index contributed by atoms with van der Waals surface area (Å²) < 4.78 is 4.94. The Morgan fingerprint density at radius 2 is 2.00 bits per heavy atom. The van der Waals surface area contributed by atoms with Gasteiger partial charge in [-0.05, 0) is 28.8 Å². The van der Waals surface area contributed by atoms with Gasteiger partial charge < -0.3 is 10.5 Å². The van der Waals surface area contributed by atoms with Gasteiger partial charge in [-0.1, -0.05) is 48.0 Å². The fourth-order valence-corrected chi connectivity index (χ4v) is 3.65. The van der Waals surface area contributed by atoms with E-state index < -0.39 is 23.3 Å². The summed E-state index contributed by atoms with van der Waals surface area (Å²) in [6.07, 6.45) is 0. The van der Waals surface area contributed by atoms with Crippen molar-refractivity contribution < 1.29 is 9.53 Å². The summed E-state index contributed by atoms with van der Waals surface area (Å²) in [5.74, 6) is -1.33. The summed E-state index contributed by atoms with van der Waals surface area (Å²) in [5, 5.41) is 10.6. The lowest BCUT2D eigenvalue weighted by atomic mass is 9.70. The maximum atomic E-state index is 12.4. The number of nitrogens with zero attached hydrogens (tertiary/aromatic N) is 1. The van der Waals surface area contributed by atoms with Crippen molar-refractivity contribution in [2.45, 2.75) is 11.5 Å². The van der Waals surface area contributed by atoms with E-state index in [1.54, 1.807) is 18.2 Å². The predicted octanol–water partition coefficient (Wildman–Crippen LogP) is 2.95. The molecule has 0 fully saturated rings. The number of ether oxygens (including phenoxy) is 1. The third kappa shape index (κ3) is 2.13. The van der Waals surface area contributed by atoms with Crippen molar-refractivity contribution in [2.24, 2.45) is 11.7 Å². The monoisotopic (exact) mass is 326 g/mol. The molecule has 0 spiro atoms. The van der Waals surface area contributed by atoms with E-state index in [4.69, 9.17) is 22.1 Å². The predicted molar refractivity (Wildman–Crippen MR) is 86.7 cm³/mol. The first kappa shape index (κ1) is 15.5. The maximum Gasteiger partial charge on any atom is 0.312 e. The number of hydrogen-bond acceptors (Lipinski definition) is 4. The van der Waals surface area contributed by atoms with Gasteiger partial charge in [0.15, 0.2) is 0 Å². The molecule has 3 unspecified atom stereocenters. The first-order valence-corrected chi connectivity index (χ1v) is 7.54. The second kappa shape index (κ2) is 5.69. The van der Waals surface area contributed by atoms with Gasteiger partial charge in [0.05, 0.1) is 13.2 Å². The molecule has 5 heteroatoms. The Morgan fingerprint density at radius 3 is 2.61 bits per heavy atom. The van der Waals surface area contributed by atoms with Gasteiger partial charge in [-0.15, -0.1) is 0 Å². The van der Waals surface area contributed by atoms with Crippen LogP contribution in [0, 0.1) is 17.2 Å². The first-order valence-electron chi connectivity index (χ1n) is 7.16. The summed E-state index contributed by atoms with van der Waals surface area (Å²) in [5.41, 5.74) is 7.26. The van der Waals surface area contributed by atoms with Crippen LogP contribution >= 0.6 is 11.6 Å². The van der Waals surface area contributed by atoms with Gasteiger partial charge in [-0.3, -0.25) is 4.79 Å². The van der Waals surface area contributed by atoms with Crippen LogP contribution in [0.5, 0.6) is 0 Å². The van der Waals surface area contributed by atoms with Crippen LogP contribution in [0.3, 0.4) is 0 Å². The molecule has 4 nitrogen and oxygen atoms in total. The highest BCUT2D eigenvalue weighted by Gasteiger charge is 2.57. The zero-order valence-corrected chi connectivity index (χ0v) is 13.2. The van der Waals surface area contributed by atoms with E-state index >= 15 is 0 Å². The van der Waals surface area contributed by atoms with Crippen LogP contribution in [0.15, 0.2) is 48.5 Å². The molecule has 0 aliphatic heterocycles.